The molecule has 0 amide bonds. The van der Waals surface area contributed by atoms with Crippen molar-refractivity contribution in [1.82, 2.24) is 0 Å². The van der Waals surface area contributed by atoms with Gasteiger partial charge in [-0.3, -0.25) is 0 Å². The highest BCUT2D eigenvalue weighted by Crippen LogP contribution is 2.36. The molecule has 0 aromatic heterocycles. The van der Waals surface area contributed by atoms with Gasteiger partial charge in [-0.1, -0.05) is 36.8 Å². The maximum Gasteiger partial charge on any atom is 0.346 e. The van der Waals surface area contributed by atoms with E-state index in [1.165, 1.54) is 0 Å². The predicted molar refractivity (Wildman–Crippen MR) is 74.0 cm³/mol. The van der Waals surface area contributed by atoms with Crippen LogP contribution >= 0.6 is 0 Å². The van der Waals surface area contributed by atoms with Crippen LogP contribution < -0.4 is 0 Å². The average Bonchev–Trinajstić information content (AvgIpc) is 2.48. The van der Waals surface area contributed by atoms with Gasteiger partial charge < -0.3 is 9.47 Å². The molecular formula is C16H21FO3. The van der Waals surface area contributed by atoms with Crippen LogP contribution in [-0.2, 0) is 20.9 Å². The molecule has 0 N–H and O–H groups in total. The molecule has 3 nitrogen and oxygen atoms in total. The van der Waals surface area contributed by atoms with E-state index in [9.17, 15) is 9.18 Å². The van der Waals surface area contributed by atoms with Gasteiger partial charge in [-0.25, -0.2) is 9.18 Å². The molecule has 20 heavy (non-hydrogen) atoms. The van der Waals surface area contributed by atoms with E-state index in [2.05, 4.69) is 0 Å². The molecule has 0 saturated heterocycles. The summed E-state index contributed by atoms with van der Waals surface area (Å²) < 4.78 is 25.5. The number of halogens is 1. The first kappa shape index (κ1) is 15.0. The first-order chi connectivity index (χ1) is 9.66. The first-order valence-electron chi connectivity index (χ1n) is 7.18. The van der Waals surface area contributed by atoms with Crippen molar-refractivity contribution in [2.75, 3.05) is 6.61 Å². The fourth-order valence-corrected chi connectivity index (χ4v) is 2.57. The third kappa shape index (κ3) is 3.37. The van der Waals surface area contributed by atoms with Crippen LogP contribution in [0, 0.1) is 0 Å². The molecule has 0 bridgehead atoms. The van der Waals surface area contributed by atoms with Gasteiger partial charge in [0.15, 0.2) is 0 Å². The monoisotopic (exact) mass is 280 g/mol. The lowest BCUT2D eigenvalue weighted by molar-refractivity contribution is -0.175. The Balaban J connectivity index is 2.01. The Morgan fingerprint density at radius 3 is 2.80 bits per heavy atom. The number of hydrogen-bond donors (Lipinski definition) is 0. The number of carbonyl (C=O) groups is 1. The molecule has 0 aliphatic heterocycles. The third-order valence-corrected chi connectivity index (χ3v) is 3.68. The van der Waals surface area contributed by atoms with Crippen molar-refractivity contribution in [2.24, 2.45) is 0 Å². The quantitative estimate of drug-likeness (QED) is 0.775. The summed E-state index contributed by atoms with van der Waals surface area (Å²) in [5, 5.41) is 0. The summed E-state index contributed by atoms with van der Waals surface area (Å²) in [5.74, 6) is -0.780. The lowest BCUT2D eigenvalue weighted by atomic mass is 9.83. The summed E-state index contributed by atoms with van der Waals surface area (Å²) in [6.45, 7) is 2.19. The van der Waals surface area contributed by atoms with Crippen LogP contribution in [0.15, 0.2) is 30.3 Å². The summed E-state index contributed by atoms with van der Waals surface area (Å²) in [4.78, 5) is 11.9. The van der Waals surface area contributed by atoms with Crippen LogP contribution in [-0.4, -0.2) is 24.3 Å². The number of carbonyl (C=O) groups excluding carboxylic acids is 1. The van der Waals surface area contributed by atoms with E-state index < -0.39 is 17.7 Å². The molecule has 0 heterocycles. The molecule has 0 radical (unpaired) electrons. The van der Waals surface area contributed by atoms with Gasteiger partial charge in [-0.2, -0.15) is 0 Å². The first-order valence-corrected chi connectivity index (χ1v) is 7.18. The molecule has 2 atom stereocenters. The van der Waals surface area contributed by atoms with E-state index in [0.29, 0.717) is 19.4 Å². The number of esters is 1. The van der Waals surface area contributed by atoms with Crippen molar-refractivity contribution >= 4 is 5.97 Å². The fourth-order valence-electron chi connectivity index (χ4n) is 2.57. The Bertz CT molecular complexity index is 435. The van der Waals surface area contributed by atoms with E-state index >= 15 is 0 Å². The smallest absolute Gasteiger partial charge is 0.346 e. The molecule has 1 aromatic rings. The molecule has 1 fully saturated rings. The zero-order valence-electron chi connectivity index (χ0n) is 11.8. The normalized spacial score (nSPS) is 26.2. The van der Waals surface area contributed by atoms with Crippen LogP contribution in [0.25, 0.3) is 0 Å². The van der Waals surface area contributed by atoms with Crippen LogP contribution in [0.4, 0.5) is 4.39 Å². The van der Waals surface area contributed by atoms with Crippen LogP contribution in [0.5, 0.6) is 0 Å². The largest absolute Gasteiger partial charge is 0.464 e. The summed E-state index contributed by atoms with van der Waals surface area (Å²) >= 11 is 0. The van der Waals surface area contributed by atoms with Gasteiger partial charge in [-0.15, -0.1) is 0 Å². The van der Waals surface area contributed by atoms with Crippen molar-refractivity contribution in [3.8, 4) is 0 Å². The summed E-state index contributed by atoms with van der Waals surface area (Å²) in [5.41, 5.74) is -1.02. The standard InChI is InChI=1S/C16H21FO3/c1-2-19-15(18)16(17)11-7-6-10-14(16)20-12-13-8-4-3-5-9-13/h3-5,8-9,14H,2,6-7,10-12H2,1H3. The van der Waals surface area contributed by atoms with E-state index in [-0.39, 0.29) is 13.0 Å². The Morgan fingerprint density at radius 1 is 1.35 bits per heavy atom. The SMILES string of the molecule is CCOC(=O)C1(F)CCCCC1OCc1ccccc1. The zero-order chi connectivity index (χ0) is 14.4. The number of alkyl halides is 1. The second-order valence-electron chi connectivity index (χ2n) is 5.11. The zero-order valence-corrected chi connectivity index (χ0v) is 11.8. The summed E-state index contributed by atoms with van der Waals surface area (Å²) in [6.07, 6.45) is 1.61. The highest BCUT2D eigenvalue weighted by Gasteiger charge is 2.50. The average molecular weight is 280 g/mol. The molecule has 0 spiro atoms. The minimum Gasteiger partial charge on any atom is -0.464 e. The maximum absolute atomic E-state index is 14.9. The molecule has 1 saturated carbocycles. The highest BCUT2D eigenvalue weighted by molar-refractivity contribution is 5.80. The van der Waals surface area contributed by atoms with Crippen molar-refractivity contribution in [3.63, 3.8) is 0 Å². The van der Waals surface area contributed by atoms with Gasteiger partial charge >= 0.3 is 5.97 Å². The lowest BCUT2D eigenvalue weighted by Crippen LogP contribution is -2.50. The Morgan fingerprint density at radius 2 is 2.10 bits per heavy atom. The van der Waals surface area contributed by atoms with Crippen LogP contribution in [0.3, 0.4) is 0 Å². The molecule has 110 valence electrons. The maximum atomic E-state index is 14.9. The van der Waals surface area contributed by atoms with Gasteiger partial charge in [0.25, 0.3) is 0 Å². The molecule has 1 aromatic carbocycles. The number of benzene rings is 1. The highest BCUT2D eigenvalue weighted by atomic mass is 19.1. The predicted octanol–water partition coefficient (Wildman–Crippen LogP) is 3.42. The van der Waals surface area contributed by atoms with Gasteiger partial charge in [0, 0.05) is 0 Å². The fraction of sp³-hybridized carbons (Fsp3) is 0.562. The summed E-state index contributed by atoms with van der Waals surface area (Å²) in [6, 6.07) is 9.59. The number of ether oxygens (including phenoxy) is 2. The van der Waals surface area contributed by atoms with E-state index in [1.807, 2.05) is 30.3 Å². The number of hydrogen-bond acceptors (Lipinski definition) is 3. The Kier molecular flexibility index (Phi) is 5.12. The Labute approximate surface area is 119 Å². The lowest BCUT2D eigenvalue weighted by Gasteiger charge is -2.35. The third-order valence-electron chi connectivity index (χ3n) is 3.68. The van der Waals surface area contributed by atoms with Gasteiger partial charge in [0.2, 0.25) is 5.67 Å². The van der Waals surface area contributed by atoms with Gasteiger partial charge in [0.1, 0.15) is 6.10 Å². The second kappa shape index (κ2) is 6.84. The second-order valence-corrected chi connectivity index (χ2v) is 5.11. The van der Waals surface area contributed by atoms with Gasteiger partial charge in [-0.05, 0) is 31.7 Å². The minimum atomic E-state index is -2.00. The minimum absolute atomic E-state index is 0.186. The van der Waals surface area contributed by atoms with Crippen molar-refractivity contribution in [1.29, 1.82) is 0 Å². The van der Waals surface area contributed by atoms with Crippen LogP contribution in [0.2, 0.25) is 0 Å². The van der Waals surface area contributed by atoms with Gasteiger partial charge in [0.05, 0.1) is 13.2 Å². The molecule has 2 unspecified atom stereocenters. The van der Waals surface area contributed by atoms with E-state index in [4.69, 9.17) is 9.47 Å². The Hall–Kier alpha value is -1.42. The summed E-state index contributed by atoms with van der Waals surface area (Å²) in [7, 11) is 0. The van der Waals surface area contributed by atoms with E-state index in [1.54, 1.807) is 6.92 Å². The van der Waals surface area contributed by atoms with E-state index in [0.717, 1.165) is 12.0 Å². The molecule has 1 aliphatic carbocycles. The number of rotatable bonds is 5. The van der Waals surface area contributed by atoms with Crippen molar-refractivity contribution < 1.29 is 18.7 Å². The molecule has 4 heteroatoms. The topological polar surface area (TPSA) is 35.5 Å². The molecule has 1 aliphatic rings. The van der Waals surface area contributed by atoms with Crippen molar-refractivity contribution in [3.05, 3.63) is 35.9 Å². The van der Waals surface area contributed by atoms with Crippen LogP contribution in [0.1, 0.15) is 38.2 Å². The van der Waals surface area contributed by atoms with Crippen molar-refractivity contribution in [2.45, 2.75) is 51.0 Å². The molecular weight excluding hydrogens is 259 g/mol. The molecule has 2 rings (SSSR count).